The van der Waals surface area contributed by atoms with Gasteiger partial charge in [-0.25, -0.2) is 0 Å². The minimum absolute atomic E-state index is 0.0912. The van der Waals surface area contributed by atoms with Gasteiger partial charge in [0, 0.05) is 17.8 Å². The summed E-state index contributed by atoms with van der Waals surface area (Å²) in [7, 11) is 0. The number of hydrogen-bond acceptors (Lipinski definition) is 4. The Labute approximate surface area is 153 Å². The van der Waals surface area contributed by atoms with Crippen LogP contribution in [0.2, 0.25) is 0 Å². The Kier molecular flexibility index (Phi) is 4.51. The average Bonchev–Trinajstić information content (AvgIpc) is 2.78. The van der Waals surface area contributed by atoms with E-state index in [2.05, 4.69) is 57.0 Å². The third kappa shape index (κ3) is 3.00. The number of benzene rings is 1. The van der Waals surface area contributed by atoms with Gasteiger partial charge in [-0.05, 0) is 74.9 Å². The van der Waals surface area contributed by atoms with E-state index in [-0.39, 0.29) is 11.4 Å². The van der Waals surface area contributed by atoms with Gasteiger partial charge in [0.25, 0.3) is 5.91 Å². The largest absolute Gasteiger partial charge is 0.366 e. The minimum atomic E-state index is -0.0912. The molecule has 2 aliphatic heterocycles. The van der Waals surface area contributed by atoms with E-state index in [0.717, 1.165) is 18.5 Å². The normalized spacial score (nSPS) is 24.3. The number of amides is 1. The Balaban J connectivity index is 2.08. The second kappa shape index (κ2) is 6.19. The van der Waals surface area contributed by atoms with Crippen LogP contribution < -0.4 is 10.2 Å². The van der Waals surface area contributed by atoms with Crippen molar-refractivity contribution in [3.8, 4) is 0 Å². The van der Waals surface area contributed by atoms with Crippen LogP contribution in [-0.2, 0) is 4.79 Å². The summed E-state index contributed by atoms with van der Waals surface area (Å²) >= 11 is 6.42. The molecule has 1 amide bonds. The van der Waals surface area contributed by atoms with Gasteiger partial charge in [-0.15, -0.1) is 0 Å². The fourth-order valence-corrected chi connectivity index (χ4v) is 5.00. The number of rotatable bonds is 2. The lowest BCUT2D eigenvalue weighted by Crippen LogP contribution is -2.48. The van der Waals surface area contributed by atoms with Gasteiger partial charge < -0.3 is 10.2 Å². The van der Waals surface area contributed by atoms with Crippen LogP contribution >= 0.6 is 24.0 Å². The van der Waals surface area contributed by atoms with Gasteiger partial charge in [0.15, 0.2) is 0 Å². The topological polar surface area (TPSA) is 32.3 Å². The summed E-state index contributed by atoms with van der Waals surface area (Å²) in [6.07, 6.45) is 3.10. The van der Waals surface area contributed by atoms with Gasteiger partial charge in [0.1, 0.15) is 4.32 Å². The summed E-state index contributed by atoms with van der Waals surface area (Å²) in [5.41, 5.74) is 5.18. The molecule has 128 valence electrons. The monoisotopic (exact) mass is 360 g/mol. The van der Waals surface area contributed by atoms with Crippen molar-refractivity contribution in [1.29, 1.82) is 0 Å². The van der Waals surface area contributed by atoms with Crippen molar-refractivity contribution >= 4 is 46.0 Å². The van der Waals surface area contributed by atoms with Crippen molar-refractivity contribution < 1.29 is 4.79 Å². The van der Waals surface area contributed by atoms with Crippen LogP contribution in [0.5, 0.6) is 0 Å². The summed E-state index contributed by atoms with van der Waals surface area (Å²) in [6.45, 7) is 12.3. The maximum atomic E-state index is 11.9. The Hall–Kier alpha value is -1.33. The highest BCUT2D eigenvalue weighted by Crippen LogP contribution is 2.44. The lowest BCUT2D eigenvalue weighted by Gasteiger charge is -2.47. The highest BCUT2D eigenvalue weighted by molar-refractivity contribution is 8.26. The quantitative estimate of drug-likeness (QED) is 0.617. The number of nitrogens with zero attached hydrogens (tertiary/aromatic N) is 1. The maximum Gasteiger partial charge on any atom is 0.263 e. The van der Waals surface area contributed by atoms with Crippen molar-refractivity contribution in [2.24, 2.45) is 0 Å². The number of hydrogen-bond donors (Lipinski definition) is 1. The SMILES string of the molecule is CCN1c2cc(C)c(/C=C3/SC(=S)NC3=O)cc2[C@H](C)CC1(C)C. The Morgan fingerprint density at radius 3 is 2.75 bits per heavy atom. The summed E-state index contributed by atoms with van der Waals surface area (Å²) in [6, 6.07) is 4.54. The Bertz CT molecular complexity index is 752. The van der Waals surface area contributed by atoms with Gasteiger partial charge >= 0.3 is 0 Å². The standard InChI is InChI=1S/C19H24N2OS2/c1-6-21-15-7-11(2)13(9-16-17(22)20-18(23)24-16)8-14(15)12(3)10-19(21,4)5/h7-9,12H,6,10H2,1-5H3,(H,20,22,23)/b16-9+/t12-/m1/s1. The molecule has 0 bridgehead atoms. The lowest BCUT2D eigenvalue weighted by atomic mass is 9.79. The molecule has 0 saturated carbocycles. The zero-order chi connectivity index (χ0) is 17.6. The third-order valence-corrected chi connectivity index (χ3v) is 6.18. The number of thioether (sulfide) groups is 1. The fourth-order valence-electron chi connectivity index (χ4n) is 3.97. The van der Waals surface area contributed by atoms with E-state index in [0.29, 0.717) is 15.1 Å². The number of nitrogens with one attached hydrogen (secondary N) is 1. The van der Waals surface area contributed by atoms with Crippen molar-refractivity contribution in [1.82, 2.24) is 5.32 Å². The molecule has 0 aliphatic carbocycles. The molecule has 3 nitrogen and oxygen atoms in total. The molecule has 2 aliphatic rings. The first-order valence-electron chi connectivity index (χ1n) is 8.40. The molecular weight excluding hydrogens is 336 g/mol. The van der Waals surface area contributed by atoms with E-state index >= 15 is 0 Å². The number of fused-ring (bicyclic) bond motifs is 1. The number of carbonyl (C=O) groups excluding carboxylic acids is 1. The van der Waals surface area contributed by atoms with Crippen LogP contribution in [-0.4, -0.2) is 22.3 Å². The van der Waals surface area contributed by atoms with Crippen molar-refractivity contribution in [3.63, 3.8) is 0 Å². The van der Waals surface area contributed by atoms with Gasteiger partial charge in [-0.2, -0.15) is 0 Å². The van der Waals surface area contributed by atoms with E-state index in [9.17, 15) is 4.79 Å². The highest BCUT2D eigenvalue weighted by atomic mass is 32.2. The number of thiocarbonyl (C=S) groups is 1. The molecular formula is C19H24N2OS2. The van der Waals surface area contributed by atoms with E-state index in [4.69, 9.17) is 12.2 Å². The zero-order valence-electron chi connectivity index (χ0n) is 14.9. The molecule has 1 saturated heterocycles. The predicted molar refractivity (Wildman–Crippen MR) is 108 cm³/mol. The van der Waals surface area contributed by atoms with Crippen molar-refractivity contribution in [2.45, 2.75) is 52.5 Å². The molecule has 0 aromatic heterocycles. The third-order valence-electron chi connectivity index (χ3n) is 5.02. The van der Waals surface area contributed by atoms with Crippen LogP contribution in [0.1, 0.15) is 56.7 Å². The Morgan fingerprint density at radius 2 is 2.17 bits per heavy atom. The lowest BCUT2D eigenvalue weighted by molar-refractivity contribution is -0.115. The van der Waals surface area contributed by atoms with Gasteiger partial charge in [-0.1, -0.05) is 30.9 Å². The molecule has 1 N–H and O–H groups in total. The van der Waals surface area contributed by atoms with Crippen molar-refractivity contribution in [2.75, 3.05) is 11.4 Å². The minimum Gasteiger partial charge on any atom is -0.366 e. The molecule has 5 heteroatoms. The highest BCUT2D eigenvalue weighted by Gasteiger charge is 2.35. The van der Waals surface area contributed by atoms with Crippen LogP contribution in [0.4, 0.5) is 5.69 Å². The van der Waals surface area contributed by atoms with Crippen LogP contribution in [0.25, 0.3) is 6.08 Å². The molecule has 24 heavy (non-hydrogen) atoms. The van der Waals surface area contributed by atoms with Gasteiger partial charge in [0.05, 0.1) is 4.91 Å². The molecule has 0 unspecified atom stereocenters. The number of aryl methyl sites for hydroxylation is 1. The van der Waals surface area contributed by atoms with Gasteiger partial charge in [-0.3, -0.25) is 4.79 Å². The first kappa shape index (κ1) is 17.5. The first-order chi connectivity index (χ1) is 11.2. The number of anilines is 1. The van der Waals surface area contributed by atoms with Gasteiger partial charge in [0.2, 0.25) is 0 Å². The second-order valence-electron chi connectivity index (χ2n) is 7.28. The van der Waals surface area contributed by atoms with E-state index in [1.54, 1.807) is 0 Å². The molecule has 0 radical (unpaired) electrons. The van der Waals surface area contributed by atoms with E-state index in [1.165, 1.54) is 28.6 Å². The summed E-state index contributed by atoms with van der Waals surface area (Å²) in [4.78, 5) is 15.1. The first-order valence-corrected chi connectivity index (χ1v) is 9.62. The van der Waals surface area contributed by atoms with E-state index < -0.39 is 0 Å². The molecule has 2 heterocycles. The summed E-state index contributed by atoms with van der Waals surface area (Å²) in [5, 5.41) is 2.68. The van der Waals surface area contributed by atoms with Crippen LogP contribution in [0.15, 0.2) is 17.0 Å². The average molecular weight is 361 g/mol. The molecule has 0 spiro atoms. The summed E-state index contributed by atoms with van der Waals surface area (Å²) < 4.78 is 0.536. The molecule has 1 fully saturated rings. The number of carbonyl (C=O) groups is 1. The van der Waals surface area contributed by atoms with E-state index in [1.807, 2.05) is 6.08 Å². The maximum absolute atomic E-state index is 11.9. The molecule has 1 aromatic rings. The molecule has 1 atom stereocenters. The smallest absolute Gasteiger partial charge is 0.263 e. The van der Waals surface area contributed by atoms with Crippen molar-refractivity contribution in [3.05, 3.63) is 33.7 Å². The van der Waals surface area contributed by atoms with Crippen LogP contribution in [0.3, 0.4) is 0 Å². The predicted octanol–water partition coefficient (Wildman–Crippen LogP) is 4.60. The zero-order valence-corrected chi connectivity index (χ0v) is 16.5. The molecule has 3 rings (SSSR count). The Morgan fingerprint density at radius 1 is 1.46 bits per heavy atom. The fraction of sp³-hybridized carbons (Fsp3) is 0.474. The molecule has 1 aromatic carbocycles. The van der Waals surface area contributed by atoms with Crippen LogP contribution in [0, 0.1) is 6.92 Å². The second-order valence-corrected chi connectivity index (χ2v) is 9.00. The summed E-state index contributed by atoms with van der Waals surface area (Å²) in [5.74, 6) is 0.410.